The van der Waals surface area contributed by atoms with Crippen molar-refractivity contribution in [3.63, 3.8) is 0 Å². The van der Waals surface area contributed by atoms with Gasteiger partial charge in [0.05, 0.1) is 28.9 Å². The first kappa shape index (κ1) is 15.8. The number of hydrogen-bond acceptors (Lipinski definition) is 4. The molecule has 1 fully saturated rings. The second-order valence-electron chi connectivity index (χ2n) is 5.65. The van der Waals surface area contributed by atoms with Crippen molar-refractivity contribution in [2.75, 3.05) is 31.1 Å². The van der Waals surface area contributed by atoms with Gasteiger partial charge >= 0.3 is 6.03 Å². The zero-order valence-electron chi connectivity index (χ0n) is 12.8. The molecule has 0 unspecified atom stereocenters. The number of hydrogen-bond donors (Lipinski definition) is 1. The maximum atomic E-state index is 12.0. The van der Waals surface area contributed by atoms with Gasteiger partial charge in [0.2, 0.25) is 0 Å². The van der Waals surface area contributed by atoms with Crippen molar-refractivity contribution >= 4 is 26.9 Å². The largest absolute Gasteiger partial charge is 0.338 e. The summed E-state index contributed by atoms with van der Waals surface area (Å²) < 4.78 is 24.8. The van der Waals surface area contributed by atoms with Crippen molar-refractivity contribution in [1.29, 1.82) is 0 Å². The van der Waals surface area contributed by atoms with Crippen molar-refractivity contribution in [2.45, 2.75) is 13.0 Å². The molecule has 0 spiro atoms. The Balaban J connectivity index is 1.44. The Hall–Kier alpha value is -2.09. The normalized spacial score (nSPS) is 17.3. The van der Waals surface area contributed by atoms with Gasteiger partial charge in [0.1, 0.15) is 0 Å². The number of imidazole rings is 1. The van der Waals surface area contributed by atoms with Gasteiger partial charge in [-0.2, -0.15) is 0 Å². The van der Waals surface area contributed by atoms with E-state index in [1.165, 1.54) is 0 Å². The molecule has 23 heavy (non-hydrogen) atoms. The van der Waals surface area contributed by atoms with Gasteiger partial charge in [-0.15, -0.1) is 0 Å². The Morgan fingerprint density at radius 1 is 1.22 bits per heavy atom. The number of benzene rings is 1. The molecule has 0 bridgehead atoms. The van der Waals surface area contributed by atoms with Crippen LogP contribution >= 0.6 is 0 Å². The van der Waals surface area contributed by atoms with Crippen LogP contribution in [0.4, 0.5) is 4.79 Å². The quantitative estimate of drug-likeness (QED) is 0.840. The first-order valence-corrected chi connectivity index (χ1v) is 9.50. The van der Waals surface area contributed by atoms with Crippen molar-refractivity contribution in [3.8, 4) is 0 Å². The molecule has 124 valence electrons. The minimum Gasteiger partial charge on any atom is -0.338 e. The van der Waals surface area contributed by atoms with Crippen LogP contribution in [0, 0.1) is 0 Å². The molecular weight excluding hydrogens is 316 g/mol. The highest BCUT2D eigenvalue weighted by Crippen LogP contribution is 2.11. The van der Waals surface area contributed by atoms with Crippen LogP contribution in [-0.2, 0) is 16.4 Å². The summed E-state index contributed by atoms with van der Waals surface area (Å²) in [7, 11) is -2.96. The van der Waals surface area contributed by atoms with Gasteiger partial charge in [-0.25, -0.2) is 18.2 Å². The Bertz CT molecular complexity index is 786. The van der Waals surface area contributed by atoms with E-state index in [0.717, 1.165) is 24.0 Å². The maximum absolute atomic E-state index is 12.0. The Labute approximate surface area is 135 Å². The van der Waals surface area contributed by atoms with Crippen molar-refractivity contribution in [1.82, 2.24) is 19.8 Å². The van der Waals surface area contributed by atoms with Gasteiger partial charge in [-0.05, 0) is 18.6 Å². The maximum Gasteiger partial charge on any atom is 0.317 e. The average molecular weight is 336 g/mol. The number of nitrogens with zero attached hydrogens (tertiary/aromatic N) is 3. The number of carbonyl (C=O) groups is 1. The van der Waals surface area contributed by atoms with Crippen LogP contribution < -0.4 is 5.32 Å². The summed E-state index contributed by atoms with van der Waals surface area (Å²) in [6.45, 7) is 1.88. The zero-order chi connectivity index (χ0) is 16.3. The molecule has 2 heterocycles. The summed E-state index contributed by atoms with van der Waals surface area (Å²) >= 11 is 0. The molecule has 0 radical (unpaired) electrons. The SMILES string of the molecule is O=C(NCCCn1cnc2ccccc21)N1CCS(=O)(=O)CC1. The van der Waals surface area contributed by atoms with Crippen LogP contribution in [-0.4, -0.2) is 60.0 Å². The number of rotatable bonds is 4. The minimum absolute atomic E-state index is 0.0570. The van der Waals surface area contributed by atoms with Gasteiger partial charge in [0.15, 0.2) is 9.84 Å². The van der Waals surface area contributed by atoms with E-state index in [9.17, 15) is 13.2 Å². The lowest BCUT2D eigenvalue weighted by Crippen LogP contribution is -2.48. The smallest absolute Gasteiger partial charge is 0.317 e. The number of para-hydroxylation sites is 2. The van der Waals surface area contributed by atoms with Gasteiger partial charge < -0.3 is 14.8 Å². The van der Waals surface area contributed by atoms with Gasteiger partial charge in [-0.1, -0.05) is 12.1 Å². The van der Waals surface area contributed by atoms with Crippen LogP contribution in [0.3, 0.4) is 0 Å². The van der Waals surface area contributed by atoms with Gasteiger partial charge in [-0.3, -0.25) is 0 Å². The second kappa shape index (κ2) is 6.57. The minimum atomic E-state index is -2.96. The topological polar surface area (TPSA) is 84.3 Å². The Morgan fingerprint density at radius 3 is 2.74 bits per heavy atom. The molecule has 0 saturated carbocycles. The van der Waals surface area contributed by atoms with E-state index in [2.05, 4.69) is 14.9 Å². The molecule has 1 aromatic heterocycles. The van der Waals surface area contributed by atoms with E-state index in [4.69, 9.17) is 0 Å². The van der Waals surface area contributed by atoms with E-state index >= 15 is 0 Å². The fourth-order valence-electron chi connectivity index (χ4n) is 2.66. The highest BCUT2D eigenvalue weighted by molar-refractivity contribution is 7.91. The standard InChI is InChI=1S/C15H20N4O3S/c20-15(18-8-10-23(21,22)11-9-18)16-6-3-7-19-12-17-13-4-1-2-5-14(13)19/h1-2,4-5,12H,3,6-11H2,(H,16,20). The Kier molecular flexibility index (Phi) is 4.51. The molecule has 1 saturated heterocycles. The van der Waals surface area contributed by atoms with E-state index < -0.39 is 9.84 Å². The molecule has 1 aromatic carbocycles. The number of amides is 2. The summed E-state index contributed by atoms with van der Waals surface area (Å²) in [5, 5.41) is 2.85. The molecule has 0 atom stereocenters. The highest BCUT2D eigenvalue weighted by atomic mass is 32.2. The average Bonchev–Trinajstić information content (AvgIpc) is 2.94. The van der Waals surface area contributed by atoms with E-state index in [1.54, 1.807) is 4.90 Å². The summed E-state index contributed by atoms with van der Waals surface area (Å²) in [5.74, 6) is 0.114. The third kappa shape index (κ3) is 3.82. The summed E-state index contributed by atoms with van der Waals surface area (Å²) in [6, 6.07) is 7.74. The molecular formula is C15H20N4O3S. The number of sulfone groups is 1. The molecule has 2 aromatic rings. The Morgan fingerprint density at radius 2 is 1.96 bits per heavy atom. The van der Waals surface area contributed by atoms with Crippen LogP contribution in [0.5, 0.6) is 0 Å². The predicted octanol–water partition coefficient (Wildman–Crippen LogP) is 0.866. The molecule has 7 nitrogen and oxygen atoms in total. The highest BCUT2D eigenvalue weighted by Gasteiger charge is 2.24. The molecule has 2 amide bonds. The molecule has 1 aliphatic rings. The van der Waals surface area contributed by atoms with Crippen molar-refractivity contribution < 1.29 is 13.2 Å². The number of nitrogens with one attached hydrogen (secondary N) is 1. The summed E-state index contributed by atoms with van der Waals surface area (Å²) in [4.78, 5) is 17.9. The summed E-state index contributed by atoms with van der Waals surface area (Å²) in [5.41, 5.74) is 2.05. The van der Waals surface area contributed by atoms with Gasteiger partial charge in [0.25, 0.3) is 0 Å². The van der Waals surface area contributed by atoms with Gasteiger partial charge in [0, 0.05) is 26.2 Å². The van der Waals surface area contributed by atoms with E-state index in [-0.39, 0.29) is 30.6 Å². The lowest BCUT2D eigenvalue weighted by Gasteiger charge is -2.26. The molecule has 3 rings (SSSR count). The van der Waals surface area contributed by atoms with E-state index in [0.29, 0.717) is 6.54 Å². The fourth-order valence-corrected chi connectivity index (χ4v) is 3.86. The third-order valence-electron chi connectivity index (χ3n) is 4.01. The predicted molar refractivity (Wildman–Crippen MR) is 88.0 cm³/mol. The van der Waals surface area contributed by atoms with Crippen LogP contribution in [0.15, 0.2) is 30.6 Å². The summed E-state index contributed by atoms with van der Waals surface area (Å²) in [6.07, 6.45) is 2.60. The zero-order valence-corrected chi connectivity index (χ0v) is 13.6. The van der Waals surface area contributed by atoms with E-state index in [1.807, 2.05) is 30.6 Å². The van der Waals surface area contributed by atoms with Crippen LogP contribution in [0.25, 0.3) is 11.0 Å². The second-order valence-corrected chi connectivity index (χ2v) is 7.95. The molecule has 0 aliphatic carbocycles. The fraction of sp³-hybridized carbons (Fsp3) is 0.467. The molecule has 1 N–H and O–H groups in total. The van der Waals surface area contributed by atoms with Crippen LogP contribution in [0.1, 0.15) is 6.42 Å². The number of urea groups is 1. The molecule has 1 aliphatic heterocycles. The number of aryl methyl sites for hydroxylation is 1. The van der Waals surface area contributed by atoms with Crippen molar-refractivity contribution in [3.05, 3.63) is 30.6 Å². The lowest BCUT2D eigenvalue weighted by atomic mass is 10.3. The number of aromatic nitrogens is 2. The van der Waals surface area contributed by atoms with Crippen molar-refractivity contribution in [2.24, 2.45) is 0 Å². The third-order valence-corrected chi connectivity index (χ3v) is 5.62. The van der Waals surface area contributed by atoms with Crippen LogP contribution in [0.2, 0.25) is 0 Å². The first-order chi connectivity index (χ1) is 11.1. The molecule has 8 heteroatoms. The number of carbonyl (C=O) groups excluding carboxylic acids is 1. The lowest BCUT2D eigenvalue weighted by molar-refractivity contribution is 0.202. The number of fused-ring (bicyclic) bond motifs is 1. The monoisotopic (exact) mass is 336 g/mol. The first-order valence-electron chi connectivity index (χ1n) is 7.68.